The third-order valence-electron chi connectivity index (χ3n) is 3.12. The van der Waals surface area contributed by atoms with Crippen molar-refractivity contribution in [3.63, 3.8) is 0 Å². The molecule has 0 unspecified atom stereocenters. The maximum atomic E-state index is 12.1. The van der Waals surface area contributed by atoms with Gasteiger partial charge < -0.3 is 15.2 Å². The van der Waals surface area contributed by atoms with Crippen molar-refractivity contribution < 1.29 is 24.7 Å². The van der Waals surface area contributed by atoms with Crippen molar-refractivity contribution in [3.05, 3.63) is 49.3 Å². The molecule has 0 amide bonds. The van der Waals surface area contributed by atoms with Gasteiger partial charge in [0.1, 0.15) is 11.1 Å². The third kappa shape index (κ3) is 2.58. The molecule has 0 aliphatic carbocycles. The van der Waals surface area contributed by atoms with Crippen LogP contribution in [0.25, 0.3) is 10.9 Å². The average Bonchev–Trinajstić information content (AvgIpc) is 2.45. The summed E-state index contributed by atoms with van der Waals surface area (Å²) in [5, 5.41) is 37.7. The van der Waals surface area contributed by atoms with Gasteiger partial charge in [0.05, 0.1) is 33.9 Å². The van der Waals surface area contributed by atoms with Crippen LogP contribution in [0.15, 0.2) is 17.1 Å². The Kier molecular flexibility index (Phi) is 3.79. The average molecular weight is 317 g/mol. The molecule has 3 N–H and O–H groups in total. The minimum absolute atomic E-state index is 0.333. The summed E-state index contributed by atoms with van der Waals surface area (Å²) >= 11 is 0. The molecule has 0 aliphatic rings. The number of carboxylic acid groups (broad SMARTS) is 2. The minimum Gasteiger partial charge on any atom is -0.481 e. The molecule has 1 aromatic carbocycles. The smallest absolute Gasteiger partial charge is 0.341 e. The fourth-order valence-electron chi connectivity index (χ4n) is 2.18. The second kappa shape index (κ2) is 5.57. The summed E-state index contributed by atoms with van der Waals surface area (Å²) in [6, 6.07) is 2.55. The number of carbonyl (C=O) groups is 2. The van der Waals surface area contributed by atoms with Crippen LogP contribution in [0.3, 0.4) is 0 Å². The molecule has 0 radical (unpaired) electrons. The predicted molar refractivity (Wildman–Crippen MR) is 74.2 cm³/mol. The number of pyridine rings is 1. The first-order valence-corrected chi connectivity index (χ1v) is 5.98. The number of nitro groups is 1. The first kappa shape index (κ1) is 15.6. The SMILES string of the molecule is N#Cc1cc2c(=O)c(C(=O)O)c[nH]c2c([N+](=O)[O-])c1CC(=O)O. The quantitative estimate of drug-likeness (QED) is 0.543. The van der Waals surface area contributed by atoms with Crippen LogP contribution in [0.4, 0.5) is 5.69 Å². The van der Waals surface area contributed by atoms with Gasteiger partial charge in [-0.3, -0.25) is 19.7 Å². The monoisotopic (exact) mass is 317 g/mol. The van der Waals surface area contributed by atoms with E-state index in [0.29, 0.717) is 0 Å². The number of hydrogen-bond donors (Lipinski definition) is 3. The van der Waals surface area contributed by atoms with E-state index in [2.05, 4.69) is 4.98 Å². The van der Waals surface area contributed by atoms with Crippen molar-refractivity contribution in [1.82, 2.24) is 4.98 Å². The standard InChI is InChI=1S/C13H7N3O7/c14-3-5-1-7-10(15-4-8(12(7)19)13(20)21)11(16(22)23)6(5)2-9(17)18/h1,4H,2H2,(H,15,19)(H,17,18)(H,20,21). The molecule has 10 nitrogen and oxygen atoms in total. The second-order valence-electron chi connectivity index (χ2n) is 4.45. The Labute approximate surface area is 126 Å². The van der Waals surface area contributed by atoms with Crippen molar-refractivity contribution in [2.24, 2.45) is 0 Å². The number of nitrogens with zero attached hydrogens (tertiary/aromatic N) is 2. The van der Waals surface area contributed by atoms with Crippen molar-refractivity contribution >= 4 is 28.5 Å². The number of fused-ring (bicyclic) bond motifs is 1. The van der Waals surface area contributed by atoms with Gasteiger partial charge in [0.25, 0.3) is 5.69 Å². The minimum atomic E-state index is -1.54. The summed E-state index contributed by atoms with van der Waals surface area (Å²) in [6.07, 6.45) is -0.00550. The molecule has 0 aliphatic heterocycles. The van der Waals surface area contributed by atoms with Crippen LogP contribution >= 0.6 is 0 Å². The maximum absolute atomic E-state index is 12.1. The van der Waals surface area contributed by atoms with Crippen LogP contribution in [0.2, 0.25) is 0 Å². The van der Waals surface area contributed by atoms with E-state index >= 15 is 0 Å². The lowest BCUT2D eigenvalue weighted by atomic mass is 9.98. The fourth-order valence-corrected chi connectivity index (χ4v) is 2.18. The molecule has 0 spiro atoms. The Morgan fingerprint density at radius 3 is 2.52 bits per heavy atom. The number of nitriles is 1. The van der Waals surface area contributed by atoms with E-state index in [9.17, 15) is 24.5 Å². The van der Waals surface area contributed by atoms with E-state index in [1.165, 1.54) is 0 Å². The highest BCUT2D eigenvalue weighted by molar-refractivity contribution is 5.97. The summed E-state index contributed by atoms with van der Waals surface area (Å²) in [5.41, 5.74) is -3.47. The van der Waals surface area contributed by atoms with E-state index in [4.69, 9.17) is 15.5 Å². The molecule has 1 heterocycles. The molecule has 0 bridgehead atoms. The topological polar surface area (TPSA) is 174 Å². The lowest BCUT2D eigenvalue weighted by molar-refractivity contribution is -0.383. The van der Waals surface area contributed by atoms with Gasteiger partial charge in [-0.05, 0) is 6.07 Å². The van der Waals surface area contributed by atoms with Crippen LogP contribution in [0.5, 0.6) is 0 Å². The van der Waals surface area contributed by atoms with Gasteiger partial charge in [0.2, 0.25) is 5.43 Å². The van der Waals surface area contributed by atoms with Gasteiger partial charge in [-0.2, -0.15) is 5.26 Å². The molecule has 10 heteroatoms. The lowest BCUT2D eigenvalue weighted by Crippen LogP contribution is -2.17. The fraction of sp³-hybridized carbons (Fsp3) is 0.0769. The first-order valence-electron chi connectivity index (χ1n) is 5.98. The van der Waals surface area contributed by atoms with Crippen molar-refractivity contribution in [2.75, 3.05) is 0 Å². The van der Waals surface area contributed by atoms with Crippen molar-refractivity contribution in [1.29, 1.82) is 5.26 Å². The highest BCUT2D eigenvalue weighted by Crippen LogP contribution is 2.30. The molecule has 0 atom stereocenters. The van der Waals surface area contributed by atoms with Crippen molar-refractivity contribution in [2.45, 2.75) is 6.42 Å². The summed E-state index contributed by atoms with van der Waals surface area (Å²) < 4.78 is 0. The summed E-state index contributed by atoms with van der Waals surface area (Å²) in [4.78, 5) is 46.6. The lowest BCUT2D eigenvalue weighted by Gasteiger charge is -2.07. The number of aromatic nitrogens is 1. The predicted octanol–water partition coefficient (Wildman–Crippen LogP) is 0.633. The molecule has 2 rings (SSSR count). The van der Waals surface area contributed by atoms with Gasteiger partial charge in [-0.15, -0.1) is 0 Å². The highest BCUT2D eigenvalue weighted by Gasteiger charge is 2.27. The summed E-state index contributed by atoms with van der Waals surface area (Å²) in [6.45, 7) is 0. The number of nitrogens with one attached hydrogen (secondary N) is 1. The molecule has 0 saturated carbocycles. The first-order chi connectivity index (χ1) is 10.8. The number of hydrogen-bond acceptors (Lipinski definition) is 6. The van der Waals surface area contributed by atoms with Gasteiger partial charge in [-0.1, -0.05) is 0 Å². The van der Waals surface area contributed by atoms with Gasteiger partial charge in [0.15, 0.2) is 0 Å². The molecule has 116 valence electrons. The number of nitro benzene ring substituents is 1. The van der Waals surface area contributed by atoms with Crippen LogP contribution in [-0.4, -0.2) is 32.1 Å². The largest absolute Gasteiger partial charge is 0.481 e. The Balaban J connectivity index is 3.03. The van der Waals surface area contributed by atoms with E-state index in [0.717, 1.165) is 12.3 Å². The van der Waals surface area contributed by atoms with Crippen LogP contribution in [0, 0.1) is 21.4 Å². The zero-order valence-electron chi connectivity index (χ0n) is 11.2. The number of H-pyrrole nitrogens is 1. The van der Waals surface area contributed by atoms with E-state index in [1.54, 1.807) is 6.07 Å². The van der Waals surface area contributed by atoms with Crippen LogP contribution in [0.1, 0.15) is 21.5 Å². The third-order valence-corrected chi connectivity index (χ3v) is 3.12. The number of carboxylic acids is 2. The van der Waals surface area contributed by atoms with E-state index in [1.807, 2.05) is 0 Å². The highest BCUT2D eigenvalue weighted by atomic mass is 16.6. The summed E-state index contributed by atoms with van der Waals surface area (Å²) in [5.74, 6) is -2.93. The number of aliphatic carboxylic acids is 1. The number of benzene rings is 1. The van der Waals surface area contributed by atoms with Gasteiger partial charge in [0, 0.05) is 6.20 Å². The molecule has 0 saturated heterocycles. The number of aromatic carboxylic acids is 1. The van der Waals surface area contributed by atoms with E-state index in [-0.39, 0.29) is 22.0 Å². The Hall–Kier alpha value is -3.74. The maximum Gasteiger partial charge on any atom is 0.341 e. The normalized spacial score (nSPS) is 10.2. The Morgan fingerprint density at radius 1 is 1.39 bits per heavy atom. The number of rotatable bonds is 4. The zero-order valence-corrected chi connectivity index (χ0v) is 11.2. The molecule has 1 aromatic heterocycles. The van der Waals surface area contributed by atoms with Gasteiger partial charge in [-0.25, -0.2) is 4.79 Å². The summed E-state index contributed by atoms with van der Waals surface area (Å²) in [7, 11) is 0. The molecular weight excluding hydrogens is 310 g/mol. The molecular formula is C13H7N3O7. The van der Waals surface area contributed by atoms with Crippen LogP contribution in [-0.2, 0) is 11.2 Å². The van der Waals surface area contributed by atoms with Crippen molar-refractivity contribution in [3.8, 4) is 6.07 Å². The number of aromatic amines is 1. The second-order valence-corrected chi connectivity index (χ2v) is 4.45. The molecule has 0 fully saturated rings. The van der Waals surface area contributed by atoms with Crippen LogP contribution < -0.4 is 5.43 Å². The van der Waals surface area contributed by atoms with Gasteiger partial charge >= 0.3 is 11.9 Å². The molecule has 23 heavy (non-hydrogen) atoms. The molecule has 2 aromatic rings. The van der Waals surface area contributed by atoms with E-state index < -0.39 is 40.0 Å². The zero-order chi connectivity index (χ0) is 17.3. The Bertz CT molecular complexity index is 968. The Morgan fingerprint density at radius 2 is 2.04 bits per heavy atom.